The maximum atomic E-state index is 2.44. The minimum Gasteiger partial charge on any atom is -0.310 e. The van der Waals surface area contributed by atoms with Gasteiger partial charge in [0.15, 0.2) is 0 Å². The third-order valence-corrected chi connectivity index (χ3v) is 12.6. The van der Waals surface area contributed by atoms with Crippen molar-refractivity contribution in [1.29, 1.82) is 0 Å². The van der Waals surface area contributed by atoms with E-state index in [1.165, 1.54) is 88.3 Å². The van der Waals surface area contributed by atoms with Crippen LogP contribution in [0.25, 0.3) is 66.1 Å². The Morgan fingerprint density at radius 3 is 1.66 bits per heavy atom. The molecule has 0 aliphatic heterocycles. The first-order chi connectivity index (χ1) is 28.8. The molecule has 58 heavy (non-hydrogen) atoms. The van der Waals surface area contributed by atoms with Crippen molar-refractivity contribution in [3.63, 3.8) is 0 Å². The minimum atomic E-state index is -0.452. The van der Waals surface area contributed by atoms with Crippen LogP contribution in [0, 0.1) is 0 Å². The summed E-state index contributed by atoms with van der Waals surface area (Å²) >= 11 is 0. The van der Waals surface area contributed by atoms with Gasteiger partial charge in [-0.1, -0.05) is 194 Å². The van der Waals surface area contributed by atoms with Crippen LogP contribution in [0.5, 0.6) is 0 Å². The molecule has 0 radical (unpaired) electrons. The van der Waals surface area contributed by atoms with Crippen LogP contribution >= 0.6 is 0 Å². The average Bonchev–Trinajstić information content (AvgIpc) is 3.78. The Kier molecular flexibility index (Phi) is 7.21. The van der Waals surface area contributed by atoms with Gasteiger partial charge in [0.1, 0.15) is 0 Å². The van der Waals surface area contributed by atoms with Crippen LogP contribution in [0.3, 0.4) is 0 Å². The standard InChI is InChI=1S/C57H37N/c1-4-16-38(17-5-1)41-28-32-45(39-18-6-2-7-19-39)54(37-41)58(43-21-8-3-9-22-43)44-31-34-47-42(36-44)29-33-50-55-46-23-11-10-20-40(46)30-35-53(55)57(56(47)50)51-26-14-12-24-48(51)49-25-13-15-27-52(49)57/h1-37H. The summed E-state index contributed by atoms with van der Waals surface area (Å²) in [6.07, 6.45) is 0. The van der Waals surface area contributed by atoms with E-state index in [0.717, 1.165) is 17.1 Å². The number of rotatable bonds is 5. The largest absolute Gasteiger partial charge is 0.310 e. The Morgan fingerprint density at radius 2 is 0.914 bits per heavy atom. The first kappa shape index (κ1) is 32.7. The van der Waals surface area contributed by atoms with Crippen LogP contribution in [0.2, 0.25) is 0 Å². The smallest absolute Gasteiger partial charge is 0.0731 e. The van der Waals surface area contributed by atoms with Crippen molar-refractivity contribution in [2.75, 3.05) is 4.90 Å². The third kappa shape index (κ3) is 4.65. The predicted octanol–water partition coefficient (Wildman–Crippen LogP) is 15.1. The fourth-order valence-corrected chi connectivity index (χ4v) is 10.3. The Hall–Kier alpha value is -7.48. The molecule has 0 atom stereocenters. The molecule has 1 heteroatoms. The van der Waals surface area contributed by atoms with E-state index in [4.69, 9.17) is 0 Å². The van der Waals surface area contributed by atoms with Crippen molar-refractivity contribution in [3.8, 4) is 44.5 Å². The van der Waals surface area contributed by atoms with Crippen LogP contribution in [0.15, 0.2) is 224 Å². The molecule has 0 amide bonds. The zero-order valence-electron chi connectivity index (χ0n) is 31.8. The van der Waals surface area contributed by atoms with Crippen molar-refractivity contribution in [1.82, 2.24) is 0 Å². The quantitative estimate of drug-likeness (QED) is 0.170. The number of nitrogens with zero attached hydrogens (tertiary/aromatic N) is 1. The summed E-state index contributed by atoms with van der Waals surface area (Å²) in [5, 5.41) is 5.07. The summed E-state index contributed by atoms with van der Waals surface area (Å²) in [5.74, 6) is 0. The Bertz CT molecular complexity index is 3170. The number of benzene rings is 10. The summed E-state index contributed by atoms with van der Waals surface area (Å²) in [6.45, 7) is 0. The lowest BCUT2D eigenvalue weighted by molar-refractivity contribution is 0.802. The lowest BCUT2D eigenvalue weighted by atomic mass is 9.69. The summed E-state index contributed by atoms with van der Waals surface area (Å²) in [6, 6.07) is 83.0. The topological polar surface area (TPSA) is 3.24 Å². The molecule has 1 spiro atoms. The highest BCUT2D eigenvalue weighted by atomic mass is 15.1. The molecular formula is C57H37N. The molecule has 2 aliphatic carbocycles. The van der Waals surface area contributed by atoms with Crippen molar-refractivity contribution in [2.45, 2.75) is 5.41 Å². The van der Waals surface area contributed by atoms with E-state index in [1.54, 1.807) is 0 Å². The van der Waals surface area contributed by atoms with Gasteiger partial charge in [0.05, 0.1) is 11.1 Å². The number of hydrogen-bond acceptors (Lipinski definition) is 1. The summed E-state index contributed by atoms with van der Waals surface area (Å²) < 4.78 is 0. The van der Waals surface area contributed by atoms with E-state index < -0.39 is 5.41 Å². The van der Waals surface area contributed by atoms with Crippen LogP contribution in [0.4, 0.5) is 17.1 Å². The summed E-state index contributed by atoms with van der Waals surface area (Å²) in [4.78, 5) is 2.44. The molecule has 0 unspecified atom stereocenters. The summed E-state index contributed by atoms with van der Waals surface area (Å²) in [5.41, 5.74) is 18.4. The van der Waals surface area contributed by atoms with Crippen molar-refractivity contribution in [2.24, 2.45) is 0 Å². The molecule has 0 aromatic heterocycles. The van der Waals surface area contributed by atoms with Gasteiger partial charge in [0, 0.05) is 16.9 Å². The molecule has 0 bridgehead atoms. The molecule has 10 aromatic carbocycles. The molecule has 12 rings (SSSR count). The molecule has 0 saturated carbocycles. The van der Waals surface area contributed by atoms with Gasteiger partial charge in [-0.2, -0.15) is 0 Å². The van der Waals surface area contributed by atoms with Gasteiger partial charge < -0.3 is 4.90 Å². The highest BCUT2D eigenvalue weighted by Crippen LogP contribution is 2.65. The fraction of sp³-hybridized carbons (Fsp3) is 0.0175. The molecule has 0 fully saturated rings. The Morgan fingerprint density at radius 1 is 0.310 bits per heavy atom. The molecular weight excluding hydrogens is 699 g/mol. The average molecular weight is 736 g/mol. The van der Waals surface area contributed by atoms with E-state index in [0.29, 0.717) is 0 Å². The summed E-state index contributed by atoms with van der Waals surface area (Å²) in [7, 11) is 0. The zero-order valence-corrected chi connectivity index (χ0v) is 31.8. The molecule has 0 saturated heterocycles. The molecule has 270 valence electrons. The van der Waals surface area contributed by atoms with Gasteiger partial charge in [-0.25, -0.2) is 0 Å². The molecule has 1 nitrogen and oxygen atoms in total. The van der Waals surface area contributed by atoms with Crippen molar-refractivity contribution >= 4 is 38.6 Å². The number of para-hydroxylation sites is 1. The molecule has 0 heterocycles. The zero-order chi connectivity index (χ0) is 38.2. The number of hydrogen-bond donors (Lipinski definition) is 0. The molecule has 2 aliphatic rings. The van der Waals surface area contributed by atoms with E-state index in [1.807, 2.05) is 0 Å². The monoisotopic (exact) mass is 735 g/mol. The van der Waals surface area contributed by atoms with Crippen molar-refractivity contribution in [3.05, 3.63) is 247 Å². The highest BCUT2D eigenvalue weighted by molar-refractivity contribution is 6.11. The first-order valence-electron chi connectivity index (χ1n) is 20.2. The van der Waals surface area contributed by atoms with Gasteiger partial charge in [0.2, 0.25) is 0 Å². The lowest BCUT2D eigenvalue weighted by Crippen LogP contribution is -2.26. The maximum absolute atomic E-state index is 2.44. The van der Waals surface area contributed by atoms with Crippen LogP contribution in [-0.4, -0.2) is 0 Å². The van der Waals surface area contributed by atoms with Crippen LogP contribution in [-0.2, 0) is 5.41 Å². The Balaban J connectivity index is 1.14. The Labute approximate surface area is 338 Å². The van der Waals surface area contributed by atoms with Crippen molar-refractivity contribution < 1.29 is 0 Å². The number of anilines is 3. The van der Waals surface area contributed by atoms with Gasteiger partial charge in [-0.05, 0) is 113 Å². The van der Waals surface area contributed by atoms with Gasteiger partial charge in [-0.3, -0.25) is 0 Å². The van der Waals surface area contributed by atoms with E-state index >= 15 is 0 Å². The van der Waals surface area contributed by atoms with E-state index in [2.05, 4.69) is 229 Å². The van der Waals surface area contributed by atoms with Crippen LogP contribution in [0.1, 0.15) is 22.3 Å². The SMILES string of the molecule is c1ccc(-c2ccc(-c3ccccc3)c(N(c3ccccc3)c3ccc4c5c(ccc4c3)-c3c(ccc4ccccc34)C53c4ccccc4-c4ccccc43)c2)cc1. The number of fused-ring (bicyclic) bond motifs is 14. The third-order valence-electron chi connectivity index (χ3n) is 12.6. The van der Waals surface area contributed by atoms with Crippen LogP contribution < -0.4 is 4.90 Å². The maximum Gasteiger partial charge on any atom is 0.0731 e. The first-order valence-corrected chi connectivity index (χ1v) is 20.2. The van der Waals surface area contributed by atoms with E-state index in [-0.39, 0.29) is 0 Å². The fourth-order valence-electron chi connectivity index (χ4n) is 10.3. The molecule has 10 aromatic rings. The van der Waals surface area contributed by atoms with E-state index in [9.17, 15) is 0 Å². The second kappa shape index (κ2) is 12.8. The second-order valence-electron chi connectivity index (χ2n) is 15.6. The molecule has 0 N–H and O–H groups in total. The highest BCUT2D eigenvalue weighted by Gasteiger charge is 2.52. The normalized spacial score (nSPS) is 13.0. The van der Waals surface area contributed by atoms with Gasteiger partial charge in [-0.15, -0.1) is 0 Å². The predicted molar refractivity (Wildman–Crippen MR) is 243 cm³/mol. The second-order valence-corrected chi connectivity index (χ2v) is 15.6. The van der Waals surface area contributed by atoms with Gasteiger partial charge in [0.25, 0.3) is 0 Å². The minimum absolute atomic E-state index is 0.452. The lowest BCUT2D eigenvalue weighted by Gasteiger charge is -2.32. The van der Waals surface area contributed by atoms with Gasteiger partial charge >= 0.3 is 0 Å².